The molecule has 7 heteroatoms. The van der Waals surface area contributed by atoms with Gasteiger partial charge in [0.25, 0.3) is 0 Å². The van der Waals surface area contributed by atoms with E-state index < -0.39 is 41.2 Å². The highest BCUT2D eigenvalue weighted by Crippen LogP contribution is 2.41. The normalized spacial score (nSPS) is 20.4. The first-order chi connectivity index (χ1) is 11.5. The van der Waals surface area contributed by atoms with E-state index in [9.17, 15) is 24.9 Å². The van der Waals surface area contributed by atoms with Gasteiger partial charge in [-0.05, 0) is 50.6 Å². The lowest BCUT2D eigenvalue weighted by atomic mass is 9.77. The number of phenols is 2. The maximum Gasteiger partial charge on any atom is 0.339 e. The monoisotopic (exact) mass is 347 g/mol. The van der Waals surface area contributed by atoms with Crippen LogP contribution in [0.15, 0.2) is 35.3 Å². The van der Waals surface area contributed by atoms with E-state index in [1.807, 2.05) is 0 Å². The summed E-state index contributed by atoms with van der Waals surface area (Å²) in [7, 11) is 0. The van der Waals surface area contributed by atoms with Crippen molar-refractivity contribution in [2.45, 2.75) is 44.2 Å². The third kappa shape index (κ3) is 3.99. The van der Waals surface area contributed by atoms with Crippen molar-refractivity contribution in [1.29, 1.82) is 0 Å². The molecule has 0 bridgehead atoms. The van der Waals surface area contributed by atoms with E-state index >= 15 is 0 Å². The third-order valence-corrected chi connectivity index (χ3v) is 3.76. The molecule has 0 radical (unpaired) electrons. The summed E-state index contributed by atoms with van der Waals surface area (Å²) in [5.74, 6) is -3.46. The second-order valence-electron chi connectivity index (χ2n) is 6.86. The van der Waals surface area contributed by atoms with Crippen LogP contribution in [0.1, 0.15) is 38.7 Å². The van der Waals surface area contributed by atoms with Gasteiger partial charge in [0.1, 0.15) is 5.60 Å². The van der Waals surface area contributed by atoms with Crippen molar-refractivity contribution in [2.24, 2.45) is 4.99 Å². The minimum Gasteiger partial charge on any atom is -0.504 e. The number of benzene rings is 1. The number of aromatic hydroxyl groups is 2. The zero-order valence-corrected chi connectivity index (χ0v) is 14.3. The minimum absolute atomic E-state index is 0.338. The Balaban J connectivity index is 2.54. The SMILES string of the molecule is CC(C)(C)OC(=O)C1(C(CC(=O)O)c2ccc(O)c(O)c2)C=CC=N1. The van der Waals surface area contributed by atoms with Crippen molar-refractivity contribution < 1.29 is 29.6 Å². The number of hydrogen-bond donors (Lipinski definition) is 3. The lowest BCUT2D eigenvalue weighted by molar-refractivity contribution is -0.160. The van der Waals surface area contributed by atoms with E-state index in [-0.39, 0.29) is 5.75 Å². The van der Waals surface area contributed by atoms with Crippen LogP contribution >= 0.6 is 0 Å². The molecule has 1 heterocycles. The number of carboxylic acids is 1. The van der Waals surface area contributed by atoms with E-state index in [0.29, 0.717) is 5.56 Å². The molecule has 0 saturated heterocycles. The van der Waals surface area contributed by atoms with Gasteiger partial charge in [0.05, 0.1) is 6.42 Å². The average Bonchev–Trinajstić information content (AvgIpc) is 2.96. The number of phenolic OH excluding ortho intramolecular Hbond substituents is 2. The maximum absolute atomic E-state index is 12.8. The van der Waals surface area contributed by atoms with Gasteiger partial charge in [-0.3, -0.25) is 9.79 Å². The average molecular weight is 347 g/mol. The zero-order valence-electron chi connectivity index (χ0n) is 14.3. The summed E-state index contributed by atoms with van der Waals surface area (Å²) >= 11 is 0. The Morgan fingerprint density at radius 1 is 1.24 bits per heavy atom. The summed E-state index contributed by atoms with van der Waals surface area (Å²) in [5, 5.41) is 28.6. The molecule has 2 unspecified atom stereocenters. The van der Waals surface area contributed by atoms with Crippen LogP contribution in [-0.4, -0.2) is 44.6 Å². The Morgan fingerprint density at radius 2 is 1.92 bits per heavy atom. The lowest BCUT2D eigenvalue weighted by Gasteiger charge is -2.34. The number of carboxylic acid groups (broad SMARTS) is 1. The van der Waals surface area contributed by atoms with Crippen molar-refractivity contribution in [3.63, 3.8) is 0 Å². The van der Waals surface area contributed by atoms with Crippen molar-refractivity contribution in [2.75, 3.05) is 0 Å². The van der Waals surface area contributed by atoms with Gasteiger partial charge in [-0.1, -0.05) is 6.07 Å². The number of hydrogen-bond acceptors (Lipinski definition) is 6. The molecule has 1 aliphatic heterocycles. The summed E-state index contributed by atoms with van der Waals surface area (Å²) in [6.45, 7) is 5.12. The molecule has 0 saturated carbocycles. The Bertz CT molecular complexity index is 732. The molecule has 0 aromatic heterocycles. The van der Waals surface area contributed by atoms with Crippen LogP contribution in [0.3, 0.4) is 0 Å². The Hall–Kier alpha value is -2.83. The van der Waals surface area contributed by atoms with Gasteiger partial charge >= 0.3 is 11.9 Å². The molecule has 0 amide bonds. The van der Waals surface area contributed by atoms with Gasteiger partial charge in [0.15, 0.2) is 17.0 Å². The first kappa shape index (κ1) is 18.5. The first-order valence-electron chi connectivity index (χ1n) is 7.75. The number of aliphatic carboxylic acids is 1. The van der Waals surface area contributed by atoms with Gasteiger partial charge in [-0.15, -0.1) is 0 Å². The standard InChI is InChI=1S/C18H21NO6/c1-17(2,3)25-16(24)18(7-4-8-19-18)12(10-15(22)23)11-5-6-13(20)14(21)9-11/h4-9,12,20-21H,10H2,1-3H3,(H,22,23). The van der Waals surface area contributed by atoms with E-state index in [1.165, 1.54) is 30.5 Å². The minimum atomic E-state index is -1.55. The van der Waals surface area contributed by atoms with Crippen molar-refractivity contribution in [3.8, 4) is 11.5 Å². The first-order valence-corrected chi connectivity index (χ1v) is 7.75. The van der Waals surface area contributed by atoms with Crippen LogP contribution in [-0.2, 0) is 14.3 Å². The number of ether oxygens (including phenoxy) is 1. The summed E-state index contributed by atoms with van der Waals surface area (Å²) in [5.41, 5.74) is -1.97. The Labute approximate surface area is 145 Å². The van der Waals surface area contributed by atoms with Crippen LogP contribution in [0.4, 0.5) is 0 Å². The Kier molecular flexibility index (Phi) is 4.87. The number of aliphatic imine (C=N–C) groups is 1. The van der Waals surface area contributed by atoms with Gasteiger partial charge in [0, 0.05) is 12.1 Å². The van der Waals surface area contributed by atoms with Crippen molar-refractivity contribution in [3.05, 3.63) is 35.9 Å². The van der Waals surface area contributed by atoms with Crippen LogP contribution in [0, 0.1) is 0 Å². The fourth-order valence-electron chi connectivity index (χ4n) is 2.69. The second kappa shape index (κ2) is 6.58. The number of nitrogens with zero attached hydrogens (tertiary/aromatic N) is 1. The van der Waals surface area contributed by atoms with Crippen LogP contribution in [0.2, 0.25) is 0 Å². The molecule has 1 aromatic rings. The predicted octanol–water partition coefficient (Wildman–Crippen LogP) is 2.38. The zero-order chi connectivity index (χ0) is 18.8. The van der Waals surface area contributed by atoms with Crippen LogP contribution < -0.4 is 0 Å². The lowest BCUT2D eigenvalue weighted by Crippen LogP contribution is -2.45. The summed E-state index contributed by atoms with van der Waals surface area (Å²) < 4.78 is 5.45. The number of esters is 1. The fourth-order valence-corrected chi connectivity index (χ4v) is 2.69. The molecule has 25 heavy (non-hydrogen) atoms. The second-order valence-corrected chi connectivity index (χ2v) is 6.86. The highest BCUT2D eigenvalue weighted by molar-refractivity contribution is 5.93. The third-order valence-electron chi connectivity index (χ3n) is 3.76. The number of allylic oxidation sites excluding steroid dienone is 1. The molecule has 0 fully saturated rings. The molecule has 134 valence electrons. The highest BCUT2D eigenvalue weighted by atomic mass is 16.6. The number of rotatable bonds is 5. The van der Waals surface area contributed by atoms with Gasteiger partial charge < -0.3 is 20.1 Å². The molecule has 3 N–H and O–H groups in total. The van der Waals surface area contributed by atoms with Crippen LogP contribution in [0.5, 0.6) is 11.5 Å². The number of carbonyl (C=O) groups is 2. The fraction of sp³-hybridized carbons (Fsp3) is 0.389. The summed E-state index contributed by atoms with van der Waals surface area (Å²) in [6, 6.07) is 3.93. The molecule has 1 aromatic carbocycles. The van der Waals surface area contributed by atoms with Crippen molar-refractivity contribution in [1.82, 2.24) is 0 Å². The predicted molar refractivity (Wildman–Crippen MR) is 91.0 cm³/mol. The highest BCUT2D eigenvalue weighted by Gasteiger charge is 2.49. The smallest absolute Gasteiger partial charge is 0.339 e. The van der Waals surface area contributed by atoms with Gasteiger partial charge in [0.2, 0.25) is 0 Å². The van der Waals surface area contributed by atoms with E-state index in [0.717, 1.165) is 0 Å². The molecular weight excluding hydrogens is 326 g/mol. The molecule has 0 aliphatic carbocycles. The summed E-state index contributed by atoms with van der Waals surface area (Å²) in [6.07, 6.45) is 4.06. The quantitative estimate of drug-likeness (QED) is 0.556. The van der Waals surface area contributed by atoms with E-state index in [2.05, 4.69) is 4.99 Å². The summed E-state index contributed by atoms with van der Waals surface area (Å²) in [4.78, 5) is 28.5. The molecule has 2 atom stereocenters. The largest absolute Gasteiger partial charge is 0.504 e. The van der Waals surface area contributed by atoms with E-state index in [4.69, 9.17) is 4.74 Å². The molecular formula is C18H21NO6. The molecule has 2 rings (SSSR count). The van der Waals surface area contributed by atoms with Crippen LogP contribution in [0.25, 0.3) is 0 Å². The maximum atomic E-state index is 12.8. The van der Waals surface area contributed by atoms with Crippen molar-refractivity contribution >= 4 is 18.2 Å². The molecule has 1 aliphatic rings. The molecule has 7 nitrogen and oxygen atoms in total. The van der Waals surface area contributed by atoms with E-state index in [1.54, 1.807) is 26.8 Å². The Morgan fingerprint density at radius 3 is 2.40 bits per heavy atom. The molecule has 0 spiro atoms. The van der Waals surface area contributed by atoms with Gasteiger partial charge in [-0.2, -0.15) is 0 Å². The topological polar surface area (TPSA) is 116 Å². The van der Waals surface area contributed by atoms with Gasteiger partial charge in [-0.25, -0.2) is 4.79 Å². The number of carbonyl (C=O) groups excluding carboxylic acids is 1.